The Morgan fingerprint density at radius 1 is 1.37 bits per heavy atom. The van der Waals surface area contributed by atoms with E-state index in [4.69, 9.17) is 11.6 Å². The van der Waals surface area contributed by atoms with Gasteiger partial charge in [0.1, 0.15) is 0 Å². The molecule has 1 aliphatic carbocycles. The van der Waals surface area contributed by atoms with E-state index in [0.29, 0.717) is 6.04 Å². The molecule has 2 unspecified atom stereocenters. The van der Waals surface area contributed by atoms with Gasteiger partial charge in [-0.15, -0.1) is 0 Å². The fourth-order valence-electron chi connectivity index (χ4n) is 3.27. The molecular weight excluding hydrogens is 258 g/mol. The van der Waals surface area contributed by atoms with Crippen molar-refractivity contribution < 1.29 is 0 Å². The van der Waals surface area contributed by atoms with Crippen LogP contribution in [0.4, 0.5) is 0 Å². The van der Waals surface area contributed by atoms with Crippen molar-refractivity contribution in [2.75, 3.05) is 6.54 Å². The van der Waals surface area contributed by atoms with Gasteiger partial charge in [0.15, 0.2) is 0 Å². The molecule has 19 heavy (non-hydrogen) atoms. The molecule has 1 aromatic heterocycles. The zero-order valence-corrected chi connectivity index (χ0v) is 13.1. The number of nitrogens with one attached hydrogen (secondary N) is 1. The van der Waals surface area contributed by atoms with E-state index < -0.39 is 0 Å². The highest BCUT2D eigenvalue weighted by atomic mass is 35.5. The normalized spacial score (nSPS) is 23.8. The molecule has 1 aliphatic rings. The number of aryl methyl sites for hydroxylation is 2. The van der Waals surface area contributed by atoms with Crippen LogP contribution in [0.15, 0.2) is 0 Å². The van der Waals surface area contributed by atoms with Gasteiger partial charge in [-0.2, -0.15) is 5.10 Å². The van der Waals surface area contributed by atoms with E-state index in [1.807, 2.05) is 11.7 Å². The minimum absolute atomic E-state index is 0.696. The van der Waals surface area contributed by atoms with Crippen LogP contribution < -0.4 is 5.32 Å². The summed E-state index contributed by atoms with van der Waals surface area (Å²) in [6.45, 7) is 5.37. The van der Waals surface area contributed by atoms with Gasteiger partial charge in [-0.3, -0.25) is 4.68 Å². The minimum atomic E-state index is 0.696. The third kappa shape index (κ3) is 3.51. The van der Waals surface area contributed by atoms with E-state index in [2.05, 4.69) is 24.3 Å². The number of nitrogens with zero attached hydrogens (tertiary/aromatic N) is 2. The SMILES string of the molecule is CCNC1CCCC(Cc2c(Cl)c(CC)nn2C)C1. The quantitative estimate of drug-likeness (QED) is 0.898. The highest BCUT2D eigenvalue weighted by Gasteiger charge is 2.24. The first-order chi connectivity index (χ1) is 9.15. The molecule has 0 bridgehead atoms. The predicted octanol–water partition coefficient (Wildman–Crippen LogP) is 3.35. The Morgan fingerprint density at radius 3 is 2.79 bits per heavy atom. The van der Waals surface area contributed by atoms with Crippen LogP contribution in [0.1, 0.15) is 50.9 Å². The van der Waals surface area contributed by atoms with Gasteiger partial charge in [-0.25, -0.2) is 0 Å². The van der Waals surface area contributed by atoms with Crippen molar-refractivity contribution in [3.63, 3.8) is 0 Å². The molecule has 0 spiro atoms. The van der Waals surface area contributed by atoms with Crippen LogP contribution >= 0.6 is 11.6 Å². The topological polar surface area (TPSA) is 29.9 Å². The molecule has 1 N–H and O–H groups in total. The fourth-order valence-corrected chi connectivity index (χ4v) is 3.64. The second kappa shape index (κ2) is 6.76. The minimum Gasteiger partial charge on any atom is -0.314 e. The van der Waals surface area contributed by atoms with Gasteiger partial charge >= 0.3 is 0 Å². The molecule has 1 aromatic rings. The van der Waals surface area contributed by atoms with E-state index in [1.54, 1.807) is 0 Å². The zero-order chi connectivity index (χ0) is 13.8. The van der Waals surface area contributed by atoms with Gasteiger partial charge in [0, 0.05) is 13.1 Å². The van der Waals surface area contributed by atoms with Gasteiger partial charge in [-0.05, 0) is 44.6 Å². The molecule has 0 aromatic carbocycles. The molecule has 2 atom stereocenters. The number of rotatable bonds is 5. The van der Waals surface area contributed by atoms with Crippen molar-refractivity contribution in [3.05, 3.63) is 16.4 Å². The van der Waals surface area contributed by atoms with Crippen molar-refractivity contribution in [2.45, 2.75) is 58.4 Å². The van der Waals surface area contributed by atoms with E-state index in [0.717, 1.165) is 36.0 Å². The first kappa shape index (κ1) is 14.9. The van der Waals surface area contributed by atoms with Crippen LogP contribution in [0.3, 0.4) is 0 Å². The third-order valence-electron chi connectivity index (χ3n) is 4.26. The first-order valence-electron chi connectivity index (χ1n) is 7.59. The first-order valence-corrected chi connectivity index (χ1v) is 7.97. The molecule has 108 valence electrons. The maximum atomic E-state index is 6.45. The number of hydrogen-bond acceptors (Lipinski definition) is 2. The lowest BCUT2D eigenvalue weighted by atomic mass is 9.83. The standard InChI is InChI=1S/C15H26ClN3/c1-4-13-15(16)14(19(3)18-13)10-11-7-6-8-12(9-11)17-5-2/h11-12,17H,4-10H2,1-3H3. The maximum Gasteiger partial charge on any atom is 0.0849 e. The summed E-state index contributed by atoms with van der Waals surface area (Å²) in [5.41, 5.74) is 2.26. The van der Waals surface area contributed by atoms with Gasteiger partial charge < -0.3 is 5.32 Å². The smallest absolute Gasteiger partial charge is 0.0849 e. The maximum absolute atomic E-state index is 6.45. The summed E-state index contributed by atoms with van der Waals surface area (Å²) >= 11 is 6.45. The Bertz CT molecular complexity index is 412. The summed E-state index contributed by atoms with van der Waals surface area (Å²) in [6.07, 6.45) is 7.24. The average molecular weight is 284 g/mol. The fraction of sp³-hybridized carbons (Fsp3) is 0.800. The Hall–Kier alpha value is -0.540. The van der Waals surface area contributed by atoms with Crippen LogP contribution in [-0.2, 0) is 19.9 Å². The van der Waals surface area contributed by atoms with Crippen LogP contribution in [0, 0.1) is 5.92 Å². The molecule has 0 saturated heterocycles. The summed E-state index contributed by atoms with van der Waals surface area (Å²) in [7, 11) is 2.02. The average Bonchev–Trinajstić information content (AvgIpc) is 2.67. The van der Waals surface area contributed by atoms with Crippen molar-refractivity contribution in [1.82, 2.24) is 15.1 Å². The number of aromatic nitrogens is 2. The second-order valence-corrected chi connectivity index (χ2v) is 6.05. The van der Waals surface area contributed by atoms with Crippen molar-refractivity contribution in [3.8, 4) is 0 Å². The summed E-state index contributed by atoms with van der Waals surface area (Å²) in [5.74, 6) is 0.746. The molecule has 1 fully saturated rings. The van der Waals surface area contributed by atoms with Crippen LogP contribution in [0.25, 0.3) is 0 Å². The molecule has 2 rings (SSSR count). The largest absolute Gasteiger partial charge is 0.314 e. The monoisotopic (exact) mass is 283 g/mol. The Kier molecular flexibility index (Phi) is 5.28. The lowest BCUT2D eigenvalue weighted by Gasteiger charge is -2.29. The number of hydrogen-bond donors (Lipinski definition) is 1. The number of halogens is 1. The second-order valence-electron chi connectivity index (χ2n) is 5.68. The molecule has 4 heteroatoms. The van der Waals surface area contributed by atoms with Crippen molar-refractivity contribution in [2.24, 2.45) is 13.0 Å². The van der Waals surface area contributed by atoms with E-state index in [9.17, 15) is 0 Å². The molecule has 1 saturated carbocycles. The zero-order valence-electron chi connectivity index (χ0n) is 12.4. The van der Waals surface area contributed by atoms with Crippen molar-refractivity contribution in [1.29, 1.82) is 0 Å². The van der Waals surface area contributed by atoms with Crippen molar-refractivity contribution >= 4 is 11.6 Å². The van der Waals surface area contributed by atoms with E-state index >= 15 is 0 Å². The molecule has 0 aliphatic heterocycles. The third-order valence-corrected chi connectivity index (χ3v) is 4.70. The summed E-state index contributed by atoms with van der Waals surface area (Å²) in [4.78, 5) is 0. The van der Waals surface area contributed by atoms with Gasteiger partial charge in [0.2, 0.25) is 0 Å². The van der Waals surface area contributed by atoms with Gasteiger partial charge in [-0.1, -0.05) is 31.9 Å². The molecular formula is C15H26ClN3. The van der Waals surface area contributed by atoms with E-state index in [-0.39, 0.29) is 0 Å². The van der Waals surface area contributed by atoms with Gasteiger partial charge in [0.05, 0.1) is 16.4 Å². The van der Waals surface area contributed by atoms with Crippen LogP contribution in [0.5, 0.6) is 0 Å². The Morgan fingerprint density at radius 2 is 2.16 bits per heavy atom. The van der Waals surface area contributed by atoms with Gasteiger partial charge in [0.25, 0.3) is 0 Å². The predicted molar refractivity (Wildman–Crippen MR) is 80.7 cm³/mol. The summed E-state index contributed by atoms with van der Waals surface area (Å²) < 4.78 is 1.98. The molecule has 0 radical (unpaired) electrons. The molecule has 1 heterocycles. The van der Waals surface area contributed by atoms with E-state index in [1.165, 1.54) is 31.4 Å². The highest BCUT2D eigenvalue weighted by Crippen LogP contribution is 2.30. The van der Waals surface area contributed by atoms with Crippen LogP contribution in [0.2, 0.25) is 5.02 Å². The lowest BCUT2D eigenvalue weighted by Crippen LogP contribution is -2.34. The Balaban J connectivity index is 2.02. The lowest BCUT2D eigenvalue weighted by molar-refractivity contribution is 0.284. The summed E-state index contributed by atoms with van der Waals surface area (Å²) in [5, 5.41) is 9.01. The molecule has 3 nitrogen and oxygen atoms in total. The summed E-state index contributed by atoms with van der Waals surface area (Å²) in [6, 6.07) is 0.696. The highest BCUT2D eigenvalue weighted by molar-refractivity contribution is 6.31. The molecule has 0 amide bonds. The Labute approximate surface area is 121 Å². The van der Waals surface area contributed by atoms with Crippen LogP contribution in [-0.4, -0.2) is 22.4 Å².